The van der Waals surface area contributed by atoms with E-state index < -0.39 is 23.8 Å². The van der Waals surface area contributed by atoms with E-state index in [-0.39, 0.29) is 17.1 Å². The highest BCUT2D eigenvalue weighted by molar-refractivity contribution is 7.98. The lowest BCUT2D eigenvalue weighted by Crippen LogP contribution is -2.44. The van der Waals surface area contributed by atoms with Gasteiger partial charge in [0.05, 0.1) is 0 Å². The summed E-state index contributed by atoms with van der Waals surface area (Å²) < 4.78 is 0. The van der Waals surface area contributed by atoms with Crippen molar-refractivity contribution in [2.75, 3.05) is 5.75 Å². The Bertz CT molecular complexity index is 1560. The van der Waals surface area contributed by atoms with Crippen LogP contribution in [-0.2, 0) is 15.3 Å². The molecule has 0 aliphatic carbocycles. The van der Waals surface area contributed by atoms with Crippen LogP contribution in [0.2, 0.25) is 10.0 Å². The summed E-state index contributed by atoms with van der Waals surface area (Å²) in [6.45, 7) is 0. The van der Waals surface area contributed by atoms with Crippen molar-refractivity contribution in [2.45, 2.75) is 18.2 Å². The highest BCUT2D eigenvalue weighted by atomic mass is 35.5. The van der Waals surface area contributed by atoms with E-state index in [0.717, 1.165) is 22.4 Å². The van der Waals surface area contributed by atoms with E-state index >= 15 is 0 Å². The van der Waals surface area contributed by atoms with Gasteiger partial charge in [-0.3, -0.25) is 9.59 Å². The summed E-state index contributed by atoms with van der Waals surface area (Å²) in [5, 5.41) is 15.7. The van der Waals surface area contributed by atoms with Gasteiger partial charge in [-0.1, -0.05) is 102 Å². The SMILES string of the molecule is O=C(NC(CCSCc1ccccc1)C(=O)O)/C(=C\c1ccc(Cl)cc1Cl)NC(=O)c1ccc(-c2ccccc2)cc1. The number of hydrogen-bond acceptors (Lipinski definition) is 4. The highest BCUT2D eigenvalue weighted by Gasteiger charge is 2.23. The van der Waals surface area contributed by atoms with Crippen LogP contribution in [0.4, 0.5) is 0 Å². The molecule has 0 radical (unpaired) electrons. The summed E-state index contributed by atoms with van der Waals surface area (Å²) in [5.41, 5.74) is 3.66. The second kappa shape index (κ2) is 15.3. The van der Waals surface area contributed by atoms with Gasteiger partial charge in [0.25, 0.3) is 11.8 Å². The van der Waals surface area contributed by atoms with E-state index in [4.69, 9.17) is 23.2 Å². The molecule has 214 valence electrons. The van der Waals surface area contributed by atoms with Crippen molar-refractivity contribution in [3.05, 3.63) is 136 Å². The Morgan fingerprint density at radius 2 is 1.48 bits per heavy atom. The zero-order valence-electron chi connectivity index (χ0n) is 22.4. The van der Waals surface area contributed by atoms with Gasteiger partial charge in [-0.2, -0.15) is 11.8 Å². The predicted molar refractivity (Wildman–Crippen MR) is 171 cm³/mol. The van der Waals surface area contributed by atoms with Crippen LogP contribution in [-0.4, -0.2) is 34.7 Å². The molecule has 9 heteroatoms. The number of halogens is 2. The molecule has 0 spiro atoms. The fraction of sp³-hybridized carbons (Fsp3) is 0.121. The average Bonchev–Trinajstić information content (AvgIpc) is 3.00. The molecular weight excluding hydrogens is 591 g/mol. The molecule has 3 N–H and O–H groups in total. The molecule has 2 amide bonds. The monoisotopic (exact) mass is 618 g/mol. The van der Waals surface area contributed by atoms with E-state index in [2.05, 4.69) is 10.6 Å². The number of carboxylic acid groups (broad SMARTS) is 1. The number of amides is 2. The van der Waals surface area contributed by atoms with Gasteiger partial charge in [-0.25, -0.2) is 4.79 Å². The van der Waals surface area contributed by atoms with Gasteiger partial charge in [0, 0.05) is 21.4 Å². The Hall–Kier alpha value is -4.04. The maximum Gasteiger partial charge on any atom is 0.326 e. The number of nitrogens with one attached hydrogen (secondary N) is 2. The Labute approximate surface area is 258 Å². The van der Waals surface area contributed by atoms with E-state index in [0.29, 0.717) is 21.9 Å². The van der Waals surface area contributed by atoms with Crippen LogP contribution in [0.1, 0.15) is 27.9 Å². The van der Waals surface area contributed by atoms with Crippen LogP contribution in [0.25, 0.3) is 17.2 Å². The minimum absolute atomic E-state index is 0.153. The molecule has 4 aromatic rings. The topological polar surface area (TPSA) is 95.5 Å². The standard InChI is InChI=1S/C33H28Cl2N2O4S/c34-27-16-15-26(28(35)20-27)19-30(37-31(38)25-13-11-24(12-14-25)23-9-5-2-6-10-23)32(39)36-29(33(40)41)17-18-42-21-22-7-3-1-4-8-22/h1-16,19-20,29H,17-18,21H2,(H,36,39)(H,37,38)(H,40,41)/b30-19+. The van der Waals surface area contributed by atoms with E-state index in [1.54, 1.807) is 36.0 Å². The maximum atomic E-state index is 13.4. The van der Waals surface area contributed by atoms with Gasteiger partial charge in [0.15, 0.2) is 0 Å². The molecule has 0 aromatic heterocycles. The van der Waals surface area contributed by atoms with Crippen molar-refractivity contribution in [3.8, 4) is 11.1 Å². The third-order valence-corrected chi connectivity index (χ3v) is 7.90. The molecule has 0 saturated heterocycles. The quantitative estimate of drug-likeness (QED) is 0.114. The molecule has 1 atom stereocenters. The summed E-state index contributed by atoms with van der Waals surface area (Å²) in [4.78, 5) is 38.6. The number of hydrogen-bond donors (Lipinski definition) is 3. The number of carbonyl (C=O) groups excluding carboxylic acids is 2. The third kappa shape index (κ3) is 8.98. The van der Waals surface area contributed by atoms with Gasteiger partial charge >= 0.3 is 5.97 Å². The molecule has 0 aliphatic heterocycles. The molecular formula is C33H28Cl2N2O4S. The average molecular weight is 620 g/mol. The number of carboxylic acids is 1. The summed E-state index contributed by atoms with van der Waals surface area (Å²) in [6.07, 6.45) is 1.59. The van der Waals surface area contributed by atoms with E-state index in [1.807, 2.05) is 72.8 Å². The first-order chi connectivity index (χ1) is 20.3. The molecule has 1 unspecified atom stereocenters. The Kier molecular flexibility index (Phi) is 11.2. The zero-order valence-corrected chi connectivity index (χ0v) is 24.8. The molecule has 0 heterocycles. The number of carbonyl (C=O) groups is 3. The first kappa shape index (κ1) is 30.9. The molecule has 42 heavy (non-hydrogen) atoms. The lowest BCUT2D eigenvalue weighted by atomic mass is 10.0. The van der Waals surface area contributed by atoms with Crippen LogP contribution < -0.4 is 10.6 Å². The summed E-state index contributed by atoms with van der Waals surface area (Å²) in [7, 11) is 0. The molecule has 0 saturated carbocycles. The van der Waals surface area contributed by atoms with Crippen molar-refractivity contribution < 1.29 is 19.5 Å². The van der Waals surface area contributed by atoms with Gasteiger partial charge in [-0.05, 0) is 64.8 Å². The van der Waals surface area contributed by atoms with Gasteiger partial charge in [-0.15, -0.1) is 0 Å². The minimum Gasteiger partial charge on any atom is -0.480 e. The Morgan fingerprint density at radius 1 is 0.833 bits per heavy atom. The van der Waals surface area contributed by atoms with Crippen molar-refractivity contribution in [1.29, 1.82) is 0 Å². The van der Waals surface area contributed by atoms with Crippen molar-refractivity contribution in [3.63, 3.8) is 0 Å². The zero-order chi connectivity index (χ0) is 29.9. The first-order valence-corrected chi connectivity index (χ1v) is 15.0. The first-order valence-electron chi connectivity index (χ1n) is 13.1. The summed E-state index contributed by atoms with van der Waals surface area (Å²) in [5.74, 6) is -1.23. The van der Waals surface area contributed by atoms with Gasteiger partial charge < -0.3 is 15.7 Å². The van der Waals surface area contributed by atoms with Crippen molar-refractivity contribution >= 4 is 58.8 Å². The molecule has 6 nitrogen and oxygen atoms in total. The fourth-order valence-corrected chi connectivity index (χ4v) is 5.47. The predicted octanol–water partition coefficient (Wildman–Crippen LogP) is 7.32. The van der Waals surface area contributed by atoms with Crippen molar-refractivity contribution in [1.82, 2.24) is 10.6 Å². The van der Waals surface area contributed by atoms with Crippen LogP contribution in [0.15, 0.2) is 109 Å². The normalized spacial score (nSPS) is 11.9. The smallest absolute Gasteiger partial charge is 0.326 e. The second-order valence-corrected chi connectivity index (χ2v) is 11.3. The fourth-order valence-electron chi connectivity index (χ4n) is 4.03. The second-order valence-electron chi connectivity index (χ2n) is 9.31. The molecule has 0 aliphatic rings. The lowest BCUT2D eigenvalue weighted by molar-refractivity contribution is -0.141. The maximum absolute atomic E-state index is 13.4. The lowest BCUT2D eigenvalue weighted by Gasteiger charge is -2.17. The highest BCUT2D eigenvalue weighted by Crippen LogP contribution is 2.24. The number of thioether (sulfide) groups is 1. The third-order valence-electron chi connectivity index (χ3n) is 6.28. The van der Waals surface area contributed by atoms with Crippen LogP contribution in [0, 0.1) is 0 Å². The molecule has 4 aromatic carbocycles. The van der Waals surface area contributed by atoms with Crippen LogP contribution in [0.3, 0.4) is 0 Å². The number of rotatable bonds is 12. The minimum atomic E-state index is -1.17. The van der Waals surface area contributed by atoms with E-state index in [9.17, 15) is 19.5 Å². The number of benzene rings is 4. The molecule has 0 fully saturated rings. The van der Waals surface area contributed by atoms with Crippen LogP contribution in [0.5, 0.6) is 0 Å². The molecule has 4 rings (SSSR count). The van der Waals surface area contributed by atoms with Crippen LogP contribution >= 0.6 is 35.0 Å². The summed E-state index contributed by atoms with van der Waals surface area (Å²) in [6, 6.07) is 30.1. The van der Waals surface area contributed by atoms with Gasteiger partial charge in [0.2, 0.25) is 0 Å². The van der Waals surface area contributed by atoms with Gasteiger partial charge in [0.1, 0.15) is 11.7 Å². The van der Waals surface area contributed by atoms with Crippen molar-refractivity contribution in [2.24, 2.45) is 0 Å². The summed E-state index contributed by atoms with van der Waals surface area (Å²) >= 11 is 13.9. The Balaban J connectivity index is 1.49. The number of aliphatic carboxylic acids is 1. The molecule has 0 bridgehead atoms. The Morgan fingerprint density at radius 3 is 2.12 bits per heavy atom. The largest absolute Gasteiger partial charge is 0.480 e. The van der Waals surface area contributed by atoms with E-state index in [1.165, 1.54) is 12.1 Å².